The molecule has 0 radical (unpaired) electrons. The van der Waals surface area contributed by atoms with E-state index < -0.39 is 20.9 Å². The zero-order valence-corrected chi connectivity index (χ0v) is 21.0. The van der Waals surface area contributed by atoms with Gasteiger partial charge >= 0.3 is 195 Å². The van der Waals surface area contributed by atoms with Gasteiger partial charge in [0.25, 0.3) is 0 Å². The molecule has 1 aliphatic rings. The van der Waals surface area contributed by atoms with E-state index in [1.807, 2.05) is 0 Å². The van der Waals surface area contributed by atoms with E-state index in [0.717, 1.165) is 11.5 Å². The van der Waals surface area contributed by atoms with Gasteiger partial charge in [0.1, 0.15) is 0 Å². The molecule has 150 valence electrons. The van der Waals surface area contributed by atoms with E-state index in [0.29, 0.717) is 0 Å². The molecule has 0 unspecified atom stereocenters. The monoisotopic (exact) mass is 576 g/mol. The van der Waals surface area contributed by atoms with E-state index in [-0.39, 0.29) is 15.0 Å². The molecule has 0 spiro atoms. The second-order valence-corrected chi connectivity index (χ2v) is 12.8. The zero-order chi connectivity index (χ0) is 20.5. The van der Waals surface area contributed by atoms with E-state index in [9.17, 15) is 0 Å². The van der Waals surface area contributed by atoms with Crippen molar-refractivity contribution < 1.29 is 9.47 Å². The van der Waals surface area contributed by atoms with Gasteiger partial charge in [-0.05, 0) is 0 Å². The summed E-state index contributed by atoms with van der Waals surface area (Å²) in [5, 5.41) is 3.08. The Balaban J connectivity index is 1.58. The van der Waals surface area contributed by atoms with Crippen LogP contribution in [-0.4, -0.2) is 50.1 Å². The first-order valence-electron chi connectivity index (χ1n) is 9.96. The third kappa shape index (κ3) is 3.86. The Labute approximate surface area is 193 Å². The summed E-state index contributed by atoms with van der Waals surface area (Å²) in [6.07, 6.45) is 2.35. The molecule has 2 nitrogen and oxygen atoms in total. The van der Waals surface area contributed by atoms with Gasteiger partial charge in [-0.2, -0.15) is 0 Å². The van der Waals surface area contributed by atoms with Crippen molar-refractivity contribution in [2.75, 3.05) is 14.2 Å². The van der Waals surface area contributed by atoms with E-state index >= 15 is 0 Å². The topological polar surface area (TPSA) is 18.5 Å². The van der Waals surface area contributed by atoms with Crippen molar-refractivity contribution in [3.8, 4) is 11.5 Å². The van der Waals surface area contributed by atoms with Crippen LogP contribution in [0.4, 0.5) is 0 Å². The molecule has 0 atom stereocenters. The van der Waals surface area contributed by atoms with Gasteiger partial charge in [-0.15, -0.1) is 0 Å². The first-order chi connectivity index (χ1) is 14.7. The van der Waals surface area contributed by atoms with Crippen molar-refractivity contribution in [3.63, 3.8) is 0 Å². The maximum atomic E-state index is 5.34. The second-order valence-electron chi connectivity index (χ2n) is 7.25. The van der Waals surface area contributed by atoms with Crippen molar-refractivity contribution >= 4 is 62.8 Å². The fourth-order valence-electron chi connectivity index (χ4n) is 3.98. The SMILES string of the molecule is COc1ccc([Se]c2ccc3c4c(ccc([Te]c5ccc(OC)cc5)c24)CC3)cc1. The van der Waals surface area contributed by atoms with Gasteiger partial charge in [-0.25, -0.2) is 0 Å². The van der Waals surface area contributed by atoms with Gasteiger partial charge in [0, 0.05) is 0 Å². The summed E-state index contributed by atoms with van der Waals surface area (Å²) in [5.74, 6) is 1.84. The van der Waals surface area contributed by atoms with Crippen LogP contribution in [0.5, 0.6) is 11.5 Å². The number of benzene rings is 4. The van der Waals surface area contributed by atoms with Crippen LogP contribution in [0.1, 0.15) is 11.1 Å². The Hall–Kier alpha value is -1.95. The Bertz CT molecular complexity index is 1110. The predicted octanol–water partition coefficient (Wildman–Crippen LogP) is 2.27. The van der Waals surface area contributed by atoms with Gasteiger partial charge < -0.3 is 0 Å². The molecule has 0 aromatic heterocycles. The summed E-state index contributed by atoms with van der Waals surface area (Å²) in [4.78, 5) is 0. The molecule has 0 aliphatic heterocycles. The van der Waals surface area contributed by atoms with Crippen molar-refractivity contribution in [1.29, 1.82) is 0 Å². The number of methoxy groups -OCH3 is 2. The average molecular weight is 573 g/mol. The number of hydrogen-bond donors (Lipinski definition) is 0. The first-order valence-corrected chi connectivity index (χ1v) is 14.0. The first kappa shape index (κ1) is 20.0. The third-order valence-corrected chi connectivity index (χ3v) is 10.8. The molecule has 0 bridgehead atoms. The summed E-state index contributed by atoms with van der Waals surface area (Å²) in [7, 11) is 3.45. The van der Waals surface area contributed by atoms with Crippen molar-refractivity contribution in [3.05, 3.63) is 83.9 Å². The Morgan fingerprint density at radius 1 is 0.667 bits per heavy atom. The summed E-state index contributed by atoms with van der Waals surface area (Å²) in [5.41, 5.74) is 3.05. The molecule has 0 saturated carbocycles. The molecule has 1 aliphatic carbocycles. The predicted molar refractivity (Wildman–Crippen MR) is 127 cm³/mol. The van der Waals surface area contributed by atoms with Gasteiger partial charge in [0.2, 0.25) is 0 Å². The molecule has 0 heterocycles. The summed E-state index contributed by atoms with van der Waals surface area (Å²) < 4.78 is 16.6. The zero-order valence-electron chi connectivity index (χ0n) is 17.0. The fraction of sp³-hybridized carbons (Fsp3) is 0.154. The molecular weight excluding hydrogens is 551 g/mol. The molecule has 5 rings (SSSR count). The van der Waals surface area contributed by atoms with E-state index in [1.165, 1.54) is 41.9 Å². The fourth-order valence-corrected chi connectivity index (χ4v) is 9.27. The van der Waals surface area contributed by atoms with Gasteiger partial charge in [0.05, 0.1) is 0 Å². The van der Waals surface area contributed by atoms with E-state index in [1.54, 1.807) is 23.2 Å². The third-order valence-electron chi connectivity index (χ3n) is 5.49. The summed E-state index contributed by atoms with van der Waals surface area (Å²) in [6, 6.07) is 26.8. The van der Waals surface area contributed by atoms with Crippen LogP contribution in [0.3, 0.4) is 0 Å². The van der Waals surface area contributed by atoms with Crippen LogP contribution in [0.25, 0.3) is 10.8 Å². The number of rotatable bonds is 6. The van der Waals surface area contributed by atoms with Crippen LogP contribution in [0.15, 0.2) is 72.8 Å². The van der Waals surface area contributed by atoms with Crippen LogP contribution in [-0.2, 0) is 12.8 Å². The molecule has 30 heavy (non-hydrogen) atoms. The second kappa shape index (κ2) is 8.66. The molecule has 4 heteroatoms. The van der Waals surface area contributed by atoms with Crippen molar-refractivity contribution in [2.24, 2.45) is 0 Å². The molecule has 0 N–H and O–H groups in total. The van der Waals surface area contributed by atoms with Crippen LogP contribution < -0.4 is 25.6 Å². The normalized spacial score (nSPS) is 12.3. The Morgan fingerprint density at radius 3 is 1.90 bits per heavy atom. The molecule has 0 fully saturated rings. The maximum absolute atomic E-state index is 5.34. The number of aryl methyl sites for hydroxylation is 2. The quantitative estimate of drug-likeness (QED) is 0.330. The van der Waals surface area contributed by atoms with Gasteiger partial charge in [-0.3, -0.25) is 0 Å². The molecule has 4 aromatic carbocycles. The number of ether oxygens (including phenoxy) is 2. The molecule has 0 saturated heterocycles. The molecule has 0 amide bonds. The molecule has 4 aromatic rings. The summed E-state index contributed by atoms with van der Waals surface area (Å²) >= 11 is -0.202. The molecular formula is C26H22O2SeTe. The Morgan fingerprint density at radius 2 is 1.27 bits per heavy atom. The minimum atomic E-state index is -0.473. The van der Waals surface area contributed by atoms with E-state index in [2.05, 4.69) is 72.8 Å². The van der Waals surface area contributed by atoms with Crippen LogP contribution in [0.2, 0.25) is 0 Å². The van der Waals surface area contributed by atoms with Crippen LogP contribution >= 0.6 is 0 Å². The Kier molecular flexibility index (Phi) is 5.76. The van der Waals surface area contributed by atoms with Crippen molar-refractivity contribution in [1.82, 2.24) is 0 Å². The van der Waals surface area contributed by atoms with Gasteiger partial charge in [0.15, 0.2) is 0 Å². The van der Waals surface area contributed by atoms with Crippen LogP contribution in [0, 0.1) is 0 Å². The van der Waals surface area contributed by atoms with Crippen molar-refractivity contribution in [2.45, 2.75) is 12.8 Å². The number of hydrogen-bond acceptors (Lipinski definition) is 2. The average Bonchev–Trinajstić information content (AvgIpc) is 3.22. The van der Waals surface area contributed by atoms with E-state index in [4.69, 9.17) is 9.47 Å². The standard InChI is InChI=1S/C26H22O2SeTe/c1-27-19-7-11-21(12-8-19)29-23-15-5-17-3-4-18-6-16-24(26(23)25(17)18)30-22-13-9-20(28-2)10-14-22/h5-16H,3-4H2,1-2H3. The minimum absolute atomic E-state index is 0.271. The summed E-state index contributed by atoms with van der Waals surface area (Å²) in [6.45, 7) is 0. The van der Waals surface area contributed by atoms with Gasteiger partial charge in [-0.1, -0.05) is 0 Å².